The number of carbonyl (C=O) groups excluding carboxylic acids is 1. The first-order valence-electron chi connectivity index (χ1n) is 13.1. The molecule has 5 rings (SSSR count). The van der Waals surface area contributed by atoms with E-state index in [9.17, 15) is 14.0 Å². The van der Waals surface area contributed by atoms with Crippen molar-refractivity contribution in [1.82, 2.24) is 19.5 Å². The van der Waals surface area contributed by atoms with E-state index in [1.165, 1.54) is 22.8 Å². The van der Waals surface area contributed by atoms with Gasteiger partial charge in [0.05, 0.1) is 10.7 Å². The quantitative estimate of drug-likeness (QED) is 0.221. The highest BCUT2D eigenvalue weighted by Gasteiger charge is 2.18. The molecule has 0 fully saturated rings. The number of rotatable bonds is 6. The van der Waals surface area contributed by atoms with Crippen LogP contribution >= 0.6 is 11.6 Å². The SMILES string of the molecule is Cc1ccc(Cc2cc3cnc(Nc4ccc(F)c(Cl)c4)nc3n(-c3cccc(NC(=O)OC(C)(C)C)c3)c2=O)nc1. The molecule has 3 heterocycles. The Bertz CT molecular complexity index is 1850. The van der Waals surface area contributed by atoms with Gasteiger partial charge in [0.1, 0.15) is 11.4 Å². The second-order valence-electron chi connectivity index (χ2n) is 10.7. The molecule has 9 nitrogen and oxygen atoms in total. The first-order valence-corrected chi connectivity index (χ1v) is 13.5. The molecule has 0 bridgehead atoms. The highest BCUT2D eigenvalue weighted by molar-refractivity contribution is 6.31. The van der Waals surface area contributed by atoms with Gasteiger partial charge in [-0.25, -0.2) is 14.2 Å². The van der Waals surface area contributed by atoms with Crippen molar-refractivity contribution < 1.29 is 13.9 Å². The number of aryl methyl sites for hydroxylation is 1. The summed E-state index contributed by atoms with van der Waals surface area (Å²) in [6, 6.07) is 16.5. The zero-order valence-corrected chi connectivity index (χ0v) is 24.2. The van der Waals surface area contributed by atoms with Crippen molar-refractivity contribution in [3.63, 3.8) is 0 Å². The van der Waals surface area contributed by atoms with E-state index in [1.807, 2.05) is 19.1 Å². The summed E-state index contributed by atoms with van der Waals surface area (Å²) in [7, 11) is 0. The molecule has 2 aromatic carbocycles. The fourth-order valence-electron chi connectivity index (χ4n) is 4.22. The largest absolute Gasteiger partial charge is 0.444 e. The van der Waals surface area contributed by atoms with Gasteiger partial charge in [-0.15, -0.1) is 0 Å². The molecule has 214 valence electrons. The third kappa shape index (κ3) is 6.72. The number of anilines is 3. The van der Waals surface area contributed by atoms with E-state index in [0.717, 1.165) is 11.3 Å². The van der Waals surface area contributed by atoms with Crippen molar-refractivity contribution in [2.75, 3.05) is 10.6 Å². The van der Waals surface area contributed by atoms with Crippen molar-refractivity contribution in [2.24, 2.45) is 0 Å². The second kappa shape index (κ2) is 11.6. The zero-order valence-electron chi connectivity index (χ0n) is 23.4. The van der Waals surface area contributed by atoms with Crippen LogP contribution in [0.5, 0.6) is 0 Å². The first-order chi connectivity index (χ1) is 19.9. The van der Waals surface area contributed by atoms with E-state index in [2.05, 4.69) is 25.6 Å². The van der Waals surface area contributed by atoms with Crippen LogP contribution in [0.3, 0.4) is 0 Å². The zero-order chi connectivity index (χ0) is 30.0. The lowest BCUT2D eigenvalue weighted by Crippen LogP contribution is -2.27. The molecule has 0 aliphatic heterocycles. The van der Waals surface area contributed by atoms with Crippen LogP contribution in [0.15, 0.2) is 77.9 Å². The maximum absolute atomic E-state index is 14.0. The minimum absolute atomic E-state index is 0.0543. The molecular formula is C31H28ClFN6O3. The van der Waals surface area contributed by atoms with E-state index >= 15 is 0 Å². The van der Waals surface area contributed by atoms with Gasteiger partial charge in [-0.05, 0) is 81.8 Å². The number of hydrogen-bond donors (Lipinski definition) is 2. The number of fused-ring (bicyclic) bond motifs is 1. The second-order valence-corrected chi connectivity index (χ2v) is 11.1. The maximum Gasteiger partial charge on any atom is 0.412 e. The van der Waals surface area contributed by atoms with Gasteiger partial charge in [-0.3, -0.25) is 19.7 Å². The number of carbonyl (C=O) groups is 1. The molecule has 0 spiro atoms. The molecular weight excluding hydrogens is 559 g/mol. The van der Waals surface area contributed by atoms with Crippen LogP contribution in [-0.2, 0) is 11.2 Å². The molecule has 0 aliphatic carbocycles. The summed E-state index contributed by atoms with van der Waals surface area (Å²) in [6.45, 7) is 7.26. The molecule has 42 heavy (non-hydrogen) atoms. The number of pyridine rings is 2. The predicted octanol–water partition coefficient (Wildman–Crippen LogP) is 6.96. The number of amides is 1. The van der Waals surface area contributed by atoms with Crippen LogP contribution in [0.4, 0.5) is 26.5 Å². The average Bonchev–Trinajstić information content (AvgIpc) is 2.92. The molecule has 0 unspecified atom stereocenters. The predicted molar refractivity (Wildman–Crippen MR) is 161 cm³/mol. The molecule has 0 saturated carbocycles. The standard InChI is InChI=1S/C31H28ClFN6O3/c1-18-8-9-21(34-16-18)13-19-12-20-17-35-29(36-23-10-11-26(33)25(32)15-23)38-27(20)39(28(19)40)24-7-5-6-22(14-24)37-30(41)42-31(2,3)4/h5-12,14-17H,13H2,1-4H3,(H,37,41)(H,35,36,38). The number of hydrogen-bond acceptors (Lipinski definition) is 7. The van der Waals surface area contributed by atoms with Gasteiger partial charge in [0.15, 0.2) is 5.65 Å². The number of aromatic nitrogens is 4. The molecule has 5 aromatic rings. The summed E-state index contributed by atoms with van der Waals surface area (Å²) in [5.41, 5.74) is 2.93. The Kier molecular flexibility index (Phi) is 7.91. The lowest BCUT2D eigenvalue weighted by atomic mass is 10.1. The lowest BCUT2D eigenvalue weighted by molar-refractivity contribution is 0.0636. The van der Waals surface area contributed by atoms with E-state index in [0.29, 0.717) is 40.1 Å². The number of nitrogens with one attached hydrogen (secondary N) is 2. The van der Waals surface area contributed by atoms with E-state index in [1.54, 1.807) is 63.5 Å². The fraction of sp³-hybridized carbons (Fsp3) is 0.194. The molecule has 0 atom stereocenters. The van der Waals surface area contributed by atoms with E-state index < -0.39 is 17.5 Å². The van der Waals surface area contributed by atoms with E-state index in [4.69, 9.17) is 16.3 Å². The van der Waals surface area contributed by atoms with Crippen LogP contribution in [0, 0.1) is 12.7 Å². The van der Waals surface area contributed by atoms with Gasteiger partial charge in [0.25, 0.3) is 5.56 Å². The van der Waals surface area contributed by atoms with Crippen LogP contribution < -0.4 is 16.2 Å². The number of benzene rings is 2. The van der Waals surface area contributed by atoms with Gasteiger partial charge in [0.2, 0.25) is 5.95 Å². The van der Waals surface area contributed by atoms with Crippen LogP contribution in [-0.4, -0.2) is 31.2 Å². The van der Waals surface area contributed by atoms with Gasteiger partial charge < -0.3 is 10.1 Å². The van der Waals surface area contributed by atoms with Crippen LogP contribution in [0.25, 0.3) is 16.7 Å². The lowest BCUT2D eigenvalue weighted by Gasteiger charge is -2.20. The number of halogens is 2. The maximum atomic E-state index is 14.0. The van der Waals surface area contributed by atoms with Gasteiger partial charge >= 0.3 is 6.09 Å². The Morgan fingerprint density at radius 1 is 1.02 bits per heavy atom. The Hall–Kier alpha value is -4.83. The average molecular weight is 587 g/mol. The molecule has 0 aliphatic rings. The molecule has 0 saturated heterocycles. The molecule has 0 radical (unpaired) electrons. The van der Waals surface area contributed by atoms with Crippen molar-refractivity contribution in [1.29, 1.82) is 0 Å². The molecule has 3 aromatic heterocycles. The third-order valence-corrected chi connectivity index (χ3v) is 6.37. The van der Waals surface area contributed by atoms with Crippen LogP contribution in [0.2, 0.25) is 5.02 Å². The van der Waals surface area contributed by atoms with Crippen molar-refractivity contribution in [2.45, 2.75) is 39.7 Å². The van der Waals surface area contributed by atoms with Gasteiger partial charge in [0, 0.05) is 46.8 Å². The molecule has 11 heteroatoms. The number of ether oxygens (including phenoxy) is 1. The molecule has 2 N–H and O–H groups in total. The van der Waals surface area contributed by atoms with E-state index in [-0.39, 0.29) is 16.5 Å². The Morgan fingerprint density at radius 2 is 1.83 bits per heavy atom. The molecule has 1 amide bonds. The van der Waals surface area contributed by atoms with Crippen molar-refractivity contribution >= 4 is 46.1 Å². The minimum Gasteiger partial charge on any atom is -0.444 e. The summed E-state index contributed by atoms with van der Waals surface area (Å²) in [5, 5.41) is 6.27. The van der Waals surface area contributed by atoms with Gasteiger partial charge in [-0.1, -0.05) is 23.7 Å². The summed E-state index contributed by atoms with van der Waals surface area (Å²) in [4.78, 5) is 39.9. The minimum atomic E-state index is -0.678. The van der Waals surface area contributed by atoms with Gasteiger partial charge in [-0.2, -0.15) is 4.98 Å². The van der Waals surface area contributed by atoms with Crippen molar-refractivity contribution in [3.8, 4) is 5.69 Å². The number of nitrogens with zero attached hydrogens (tertiary/aromatic N) is 4. The highest BCUT2D eigenvalue weighted by atomic mass is 35.5. The van der Waals surface area contributed by atoms with Crippen molar-refractivity contribution in [3.05, 3.63) is 111 Å². The fourth-order valence-corrected chi connectivity index (χ4v) is 4.40. The Morgan fingerprint density at radius 3 is 2.55 bits per heavy atom. The topological polar surface area (TPSA) is 111 Å². The summed E-state index contributed by atoms with van der Waals surface area (Å²) < 4.78 is 20.5. The van der Waals surface area contributed by atoms with Crippen LogP contribution in [0.1, 0.15) is 37.6 Å². The summed E-state index contributed by atoms with van der Waals surface area (Å²) in [6.07, 6.45) is 3.02. The Labute approximate surface area is 246 Å². The monoisotopic (exact) mass is 586 g/mol. The summed E-state index contributed by atoms with van der Waals surface area (Å²) >= 11 is 5.93. The summed E-state index contributed by atoms with van der Waals surface area (Å²) in [5.74, 6) is -0.375. The Balaban J connectivity index is 1.61. The smallest absolute Gasteiger partial charge is 0.412 e. The third-order valence-electron chi connectivity index (χ3n) is 6.08. The highest BCUT2D eigenvalue weighted by Crippen LogP contribution is 2.24. The normalized spacial score (nSPS) is 11.4. The first kappa shape index (κ1) is 28.7.